The Balaban J connectivity index is 1.59. The molecule has 2 atom stereocenters. The Hall–Kier alpha value is -1.89. The lowest BCUT2D eigenvalue weighted by Gasteiger charge is -2.36. The summed E-state index contributed by atoms with van der Waals surface area (Å²) in [7, 11) is 0. The number of carbonyl (C=O) groups is 1. The molecule has 2 aromatic rings. The molecule has 2 N–H and O–H groups in total. The summed E-state index contributed by atoms with van der Waals surface area (Å²) in [5, 5.41) is 11.0. The number of fused-ring (bicyclic) bond motifs is 1. The zero-order valence-electron chi connectivity index (χ0n) is 12.5. The molecule has 6 nitrogen and oxygen atoms in total. The number of morpholine rings is 1. The van der Waals surface area contributed by atoms with E-state index in [1.165, 1.54) is 0 Å². The number of aromatic amines is 1. The fourth-order valence-corrected chi connectivity index (χ4v) is 3.47. The van der Waals surface area contributed by atoms with Crippen LogP contribution in [0.1, 0.15) is 10.5 Å². The number of amides is 1. The predicted molar refractivity (Wildman–Crippen MR) is 86.5 cm³/mol. The van der Waals surface area contributed by atoms with E-state index in [1.54, 1.807) is 6.07 Å². The van der Waals surface area contributed by atoms with Gasteiger partial charge >= 0.3 is 0 Å². The second-order valence-electron chi connectivity index (χ2n) is 5.78. The van der Waals surface area contributed by atoms with E-state index in [9.17, 15) is 4.79 Å². The van der Waals surface area contributed by atoms with Crippen molar-refractivity contribution in [3.63, 3.8) is 0 Å². The maximum absolute atomic E-state index is 12.8. The third kappa shape index (κ3) is 2.63. The molecule has 0 spiro atoms. The minimum absolute atomic E-state index is 0.0437. The van der Waals surface area contributed by atoms with E-state index in [1.807, 2.05) is 29.2 Å². The molecule has 0 saturated carbocycles. The zero-order chi connectivity index (χ0) is 15.8. The van der Waals surface area contributed by atoms with Crippen LogP contribution in [-0.2, 0) is 4.74 Å². The van der Waals surface area contributed by atoms with Gasteiger partial charge in [0.15, 0.2) is 0 Å². The number of aromatic nitrogens is 2. The van der Waals surface area contributed by atoms with Crippen LogP contribution in [0.5, 0.6) is 0 Å². The van der Waals surface area contributed by atoms with Crippen LogP contribution in [0.2, 0.25) is 5.02 Å². The monoisotopic (exact) mass is 332 g/mol. The maximum atomic E-state index is 12.8. The van der Waals surface area contributed by atoms with Crippen LogP contribution in [0.4, 0.5) is 0 Å². The maximum Gasteiger partial charge on any atom is 0.272 e. The van der Waals surface area contributed by atoms with E-state index in [0.717, 1.165) is 18.7 Å². The number of nitrogens with one attached hydrogen (secondary N) is 2. The van der Waals surface area contributed by atoms with Crippen LogP contribution < -0.4 is 5.32 Å². The van der Waals surface area contributed by atoms with Gasteiger partial charge in [-0.05, 0) is 12.1 Å². The molecule has 2 fully saturated rings. The van der Waals surface area contributed by atoms with Gasteiger partial charge in [0.2, 0.25) is 0 Å². The van der Waals surface area contributed by atoms with Crippen molar-refractivity contribution in [1.82, 2.24) is 20.4 Å². The van der Waals surface area contributed by atoms with Crippen LogP contribution in [0.25, 0.3) is 11.3 Å². The molecule has 7 heteroatoms. The molecular formula is C16H17ClN4O2. The molecule has 0 unspecified atom stereocenters. The molecule has 1 aromatic heterocycles. The first kappa shape index (κ1) is 14.7. The van der Waals surface area contributed by atoms with Gasteiger partial charge < -0.3 is 15.0 Å². The molecule has 1 amide bonds. The van der Waals surface area contributed by atoms with Crippen molar-refractivity contribution in [3.05, 3.63) is 41.0 Å². The lowest BCUT2D eigenvalue weighted by molar-refractivity contribution is -0.0366. The Morgan fingerprint density at radius 1 is 1.35 bits per heavy atom. The molecule has 2 aliphatic heterocycles. The van der Waals surface area contributed by atoms with Crippen LogP contribution in [-0.4, -0.2) is 59.4 Å². The molecule has 120 valence electrons. The Morgan fingerprint density at radius 2 is 2.22 bits per heavy atom. The van der Waals surface area contributed by atoms with Gasteiger partial charge in [0, 0.05) is 25.2 Å². The molecule has 0 radical (unpaired) electrons. The van der Waals surface area contributed by atoms with Crippen molar-refractivity contribution < 1.29 is 9.53 Å². The van der Waals surface area contributed by atoms with Crippen LogP contribution >= 0.6 is 11.6 Å². The quantitative estimate of drug-likeness (QED) is 0.875. The number of carbonyl (C=O) groups excluding carboxylic acids is 1. The molecule has 4 rings (SSSR count). The Morgan fingerprint density at radius 3 is 3.09 bits per heavy atom. The van der Waals surface area contributed by atoms with Gasteiger partial charge in [0.05, 0.1) is 29.5 Å². The third-order valence-electron chi connectivity index (χ3n) is 4.41. The van der Waals surface area contributed by atoms with E-state index in [4.69, 9.17) is 16.3 Å². The van der Waals surface area contributed by atoms with Gasteiger partial charge in [0.25, 0.3) is 5.91 Å². The molecule has 2 saturated heterocycles. The number of nitrogens with zero attached hydrogens (tertiary/aromatic N) is 2. The SMILES string of the molecule is O=C(c1cc(-c2ccccc2Cl)n[nH]1)N1CCO[C@H]2CNC[C@H]21. The van der Waals surface area contributed by atoms with Gasteiger partial charge in [-0.2, -0.15) is 5.10 Å². The molecule has 3 heterocycles. The molecule has 2 aliphatic rings. The minimum atomic E-state index is -0.0437. The highest BCUT2D eigenvalue weighted by molar-refractivity contribution is 6.33. The summed E-state index contributed by atoms with van der Waals surface area (Å²) in [6, 6.07) is 9.31. The molecule has 0 aliphatic carbocycles. The van der Waals surface area contributed by atoms with E-state index >= 15 is 0 Å². The standard InChI is InChI=1S/C16H17ClN4O2/c17-11-4-2-1-3-10(11)12-7-13(20-19-12)16(22)21-5-6-23-15-9-18-8-14(15)21/h1-4,7,14-15,18H,5-6,8-9H2,(H,19,20)/t14-,15+/m1/s1. The summed E-state index contributed by atoms with van der Waals surface area (Å²) in [6.45, 7) is 2.73. The van der Waals surface area contributed by atoms with E-state index < -0.39 is 0 Å². The normalized spacial score (nSPS) is 23.8. The molecule has 23 heavy (non-hydrogen) atoms. The molecular weight excluding hydrogens is 316 g/mol. The van der Waals surface area contributed by atoms with E-state index in [0.29, 0.717) is 29.6 Å². The Labute approximate surface area is 138 Å². The summed E-state index contributed by atoms with van der Waals surface area (Å²) in [6.07, 6.45) is 0.0821. The van der Waals surface area contributed by atoms with Crippen molar-refractivity contribution in [2.75, 3.05) is 26.2 Å². The Kier molecular flexibility index (Phi) is 3.80. The fourth-order valence-electron chi connectivity index (χ4n) is 3.24. The fraction of sp³-hybridized carbons (Fsp3) is 0.375. The van der Waals surface area contributed by atoms with Gasteiger partial charge in [-0.3, -0.25) is 9.89 Å². The minimum Gasteiger partial charge on any atom is -0.373 e. The highest BCUT2D eigenvalue weighted by Gasteiger charge is 2.39. The first-order chi connectivity index (χ1) is 11.2. The smallest absolute Gasteiger partial charge is 0.272 e. The van der Waals surface area contributed by atoms with Crippen molar-refractivity contribution >= 4 is 17.5 Å². The second kappa shape index (κ2) is 5.96. The summed E-state index contributed by atoms with van der Waals surface area (Å²) in [4.78, 5) is 14.7. The summed E-state index contributed by atoms with van der Waals surface area (Å²) in [5.41, 5.74) is 1.97. The Bertz CT molecular complexity index is 732. The molecule has 1 aromatic carbocycles. The second-order valence-corrected chi connectivity index (χ2v) is 6.19. The average Bonchev–Trinajstić information content (AvgIpc) is 3.23. The van der Waals surface area contributed by atoms with E-state index in [2.05, 4.69) is 15.5 Å². The first-order valence-corrected chi connectivity index (χ1v) is 8.05. The number of halogens is 1. The molecule has 0 bridgehead atoms. The predicted octanol–water partition coefficient (Wildman–Crippen LogP) is 1.54. The van der Waals surface area contributed by atoms with Gasteiger partial charge in [-0.1, -0.05) is 29.8 Å². The van der Waals surface area contributed by atoms with Crippen LogP contribution in [0.15, 0.2) is 30.3 Å². The van der Waals surface area contributed by atoms with Gasteiger partial charge in [-0.25, -0.2) is 0 Å². The number of benzene rings is 1. The van der Waals surface area contributed by atoms with Crippen molar-refractivity contribution in [3.8, 4) is 11.3 Å². The van der Waals surface area contributed by atoms with Crippen molar-refractivity contribution in [1.29, 1.82) is 0 Å². The highest BCUT2D eigenvalue weighted by Crippen LogP contribution is 2.27. The van der Waals surface area contributed by atoms with Crippen LogP contribution in [0, 0.1) is 0 Å². The average molecular weight is 333 g/mol. The topological polar surface area (TPSA) is 70.2 Å². The number of hydrogen-bond donors (Lipinski definition) is 2. The number of H-pyrrole nitrogens is 1. The van der Waals surface area contributed by atoms with Gasteiger partial charge in [-0.15, -0.1) is 0 Å². The number of rotatable bonds is 2. The summed E-state index contributed by atoms with van der Waals surface area (Å²) in [5.74, 6) is -0.0437. The largest absolute Gasteiger partial charge is 0.373 e. The van der Waals surface area contributed by atoms with Crippen molar-refractivity contribution in [2.24, 2.45) is 0 Å². The summed E-state index contributed by atoms with van der Waals surface area (Å²) < 4.78 is 5.71. The highest BCUT2D eigenvalue weighted by atomic mass is 35.5. The lowest BCUT2D eigenvalue weighted by Crippen LogP contribution is -2.53. The van der Waals surface area contributed by atoms with Gasteiger partial charge in [0.1, 0.15) is 5.69 Å². The third-order valence-corrected chi connectivity index (χ3v) is 4.74. The van der Waals surface area contributed by atoms with Crippen molar-refractivity contribution in [2.45, 2.75) is 12.1 Å². The summed E-state index contributed by atoms with van der Waals surface area (Å²) >= 11 is 6.20. The first-order valence-electron chi connectivity index (χ1n) is 7.67. The lowest BCUT2D eigenvalue weighted by atomic mass is 10.1. The number of hydrogen-bond acceptors (Lipinski definition) is 4. The van der Waals surface area contributed by atoms with Crippen LogP contribution in [0.3, 0.4) is 0 Å². The number of ether oxygens (including phenoxy) is 1. The zero-order valence-corrected chi connectivity index (χ0v) is 13.2. The van der Waals surface area contributed by atoms with E-state index in [-0.39, 0.29) is 18.1 Å².